The van der Waals surface area contributed by atoms with E-state index in [-0.39, 0.29) is 6.42 Å². The van der Waals surface area contributed by atoms with Gasteiger partial charge in [0.1, 0.15) is 5.01 Å². The Morgan fingerprint density at radius 1 is 1.77 bits per heavy atom. The SMILES string of the molecule is CC(C)(N)c1csc(CC(=O)O)n1. The van der Waals surface area contributed by atoms with Gasteiger partial charge in [0.15, 0.2) is 0 Å². The van der Waals surface area contributed by atoms with Crippen LogP contribution in [0.2, 0.25) is 0 Å². The molecular formula is C8H12N2O2S. The van der Waals surface area contributed by atoms with E-state index in [4.69, 9.17) is 10.8 Å². The molecule has 1 heterocycles. The van der Waals surface area contributed by atoms with Crippen LogP contribution in [0, 0.1) is 0 Å². The van der Waals surface area contributed by atoms with Gasteiger partial charge in [-0.15, -0.1) is 11.3 Å². The van der Waals surface area contributed by atoms with Gasteiger partial charge >= 0.3 is 5.97 Å². The number of nitrogens with zero attached hydrogens (tertiary/aromatic N) is 1. The third-order valence-corrected chi connectivity index (χ3v) is 2.36. The van der Waals surface area contributed by atoms with Gasteiger partial charge in [0, 0.05) is 5.38 Å². The Morgan fingerprint density at radius 3 is 2.77 bits per heavy atom. The average Bonchev–Trinajstić information content (AvgIpc) is 2.32. The molecule has 72 valence electrons. The molecule has 0 aliphatic heterocycles. The van der Waals surface area contributed by atoms with Crippen LogP contribution in [0.3, 0.4) is 0 Å². The van der Waals surface area contributed by atoms with Crippen molar-refractivity contribution in [1.82, 2.24) is 4.98 Å². The second kappa shape index (κ2) is 3.43. The number of aromatic nitrogens is 1. The molecule has 0 aliphatic carbocycles. The maximum atomic E-state index is 10.4. The number of aliphatic carboxylic acids is 1. The highest BCUT2D eigenvalue weighted by atomic mass is 32.1. The molecule has 1 aromatic rings. The Bertz CT molecular complexity index is 314. The fourth-order valence-corrected chi connectivity index (χ4v) is 1.78. The van der Waals surface area contributed by atoms with Crippen molar-refractivity contribution in [2.24, 2.45) is 5.73 Å². The molecule has 1 aromatic heterocycles. The van der Waals surface area contributed by atoms with Crippen LogP contribution in [0.1, 0.15) is 24.5 Å². The summed E-state index contributed by atoms with van der Waals surface area (Å²) in [5.41, 5.74) is 6.05. The minimum absolute atomic E-state index is 0.0270. The second-order valence-electron chi connectivity index (χ2n) is 3.42. The summed E-state index contributed by atoms with van der Waals surface area (Å²) < 4.78 is 0. The predicted molar refractivity (Wildman–Crippen MR) is 50.7 cm³/mol. The lowest BCUT2D eigenvalue weighted by atomic mass is 10.0. The van der Waals surface area contributed by atoms with E-state index in [1.165, 1.54) is 11.3 Å². The zero-order valence-electron chi connectivity index (χ0n) is 7.57. The van der Waals surface area contributed by atoms with Crippen molar-refractivity contribution in [3.8, 4) is 0 Å². The zero-order chi connectivity index (χ0) is 10.1. The van der Waals surface area contributed by atoms with Crippen LogP contribution in [0.25, 0.3) is 0 Å². The summed E-state index contributed by atoms with van der Waals surface area (Å²) in [6.45, 7) is 3.68. The Balaban J connectivity index is 2.81. The third kappa shape index (κ3) is 2.78. The number of carboxylic acid groups (broad SMARTS) is 1. The molecule has 0 amide bonds. The van der Waals surface area contributed by atoms with Gasteiger partial charge in [-0.3, -0.25) is 4.79 Å². The lowest BCUT2D eigenvalue weighted by Gasteiger charge is -2.14. The van der Waals surface area contributed by atoms with Crippen LogP contribution in [0.5, 0.6) is 0 Å². The molecule has 5 heteroatoms. The van der Waals surface area contributed by atoms with Crippen molar-refractivity contribution in [3.05, 3.63) is 16.1 Å². The first kappa shape index (κ1) is 10.1. The molecule has 0 fully saturated rings. The van der Waals surface area contributed by atoms with E-state index < -0.39 is 11.5 Å². The summed E-state index contributed by atoms with van der Waals surface area (Å²) in [7, 11) is 0. The van der Waals surface area contributed by atoms with E-state index in [2.05, 4.69) is 4.98 Å². The number of thiazole rings is 1. The van der Waals surface area contributed by atoms with E-state index in [1.54, 1.807) is 5.38 Å². The predicted octanol–water partition coefficient (Wildman–Crippen LogP) is 0.964. The fourth-order valence-electron chi connectivity index (χ4n) is 0.817. The number of hydrogen-bond donors (Lipinski definition) is 2. The first-order valence-electron chi connectivity index (χ1n) is 3.85. The average molecular weight is 200 g/mol. The first-order chi connectivity index (χ1) is 5.89. The smallest absolute Gasteiger partial charge is 0.310 e. The van der Waals surface area contributed by atoms with E-state index in [1.807, 2.05) is 13.8 Å². The minimum atomic E-state index is -0.865. The van der Waals surface area contributed by atoms with Crippen LogP contribution >= 0.6 is 11.3 Å². The van der Waals surface area contributed by atoms with Gasteiger partial charge in [0.25, 0.3) is 0 Å². The molecule has 0 aliphatic rings. The molecule has 0 unspecified atom stereocenters. The molecule has 0 atom stereocenters. The van der Waals surface area contributed by atoms with Crippen molar-refractivity contribution >= 4 is 17.3 Å². The molecule has 0 aromatic carbocycles. The summed E-state index contributed by atoms with van der Waals surface area (Å²) in [6, 6.07) is 0. The second-order valence-corrected chi connectivity index (χ2v) is 4.36. The van der Waals surface area contributed by atoms with Crippen LogP contribution in [0.4, 0.5) is 0 Å². The number of nitrogens with two attached hydrogens (primary N) is 1. The molecule has 0 bridgehead atoms. The highest BCUT2D eigenvalue weighted by Crippen LogP contribution is 2.19. The maximum Gasteiger partial charge on any atom is 0.310 e. The maximum absolute atomic E-state index is 10.4. The summed E-state index contributed by atoms with van der Waals surface area (Å²) in [6.07, 6.45) is -0.0270. The molecule has 0 saturated heterocycles. The molecular weight excluding hydrogens is 188 g/mol. The Morgan fingerprint density at radius 2 is 2.38 bits per heavy atom. The molecule has 3 N–H and O–H groups in total. The third-order valence-electron chi connectivity index (χ3n) is 1.51. The number of carbonyl (C=O) groups is 1. The molecule has 13 heavy (non-hydrogen) atoms. The van der Waals surface area contributed by atoms with Crippen molar-refractivity contribution in [1.29, 1.82) is 0 Å². The summed E-state index contributed by atoms with van der Waals surface area (Å²) in [4.78, 5) is 14.5. The van der Waals surface area contributed by atoms with Gasteiger partial charge in [-0.05, 0) is 13.8 Å². The quantitative estimate of drug-likeness (QED) is 0.762. The largest absolute Gasteiger partial charge is 0.481 e. The molecule has 4 nitrogen and oxygen atoms in total. The molecule has 0 radical (unpaired) electrons. The standard InChI is InChI=1S/C8H12N2O2S/c1-8(2,9)5-4-13-6(10-5)3-7(11)12/h4H,3,9H2,1-2H3,(H,11,12). The summed E-state index contributed by atoms with van der Waals surface area (Å²) in [5, 5.41) is 10.9. The van der Waals surface area contributed by atoms with Crippen LogP contribution < -0.4 is 5.73 Å². The Hall–Kier alpha value is -0.940. The van der Waals surface area contributed by atoms with Crippen molar-refractivity contribution < 1.29 is 9.90 Å². The van der Waals surface area contributed by atoms with Gasteiger partial charge < -0.3 is 10.8 Å². The first-order valence-corrected chi connectivity index (χ1v) is 4.73. The molecule has 1 rings (SSSR count). The van der Waals surface area contributed by atoms with Crippen LogP contribution in [0.15, 0.2) is 5.38 Å². The Kier molecular flexibility index (Phi) is 2.68. The zero-order valence-corrected chi connectivity index (χ0v) is 8.39. The van der Waals surface area contributed by atoms with Gasteiger partial charge in [0.2, 0.25) is 0 Å². The van der Waals surface area contributed by atoms with Crippen molar-refractivity contribution in [3.63, 3.8) is 0 Å². The monoisotopic (exact) mass is 200 g/mol. The van der Waals surface area contributed by atoms with Gasteiger partial charge in [0.05, 0.1) is 17.7 Å². The van der Waals surface area contributed by atoms with E-state index in [9.17, 15) is 4.79 Å². The van der Waals surface area contributed by atoms with Crippen LogP contribution in [-0.4, -0.2) is 16.1 Å². The number of carboxylic acids is 1. The number of hydrogen-bond acceptors (Lipinski definition) is 4. The normalized spacial score (nSPS) is 11.6. The lowest BCUT2D eigenvalue weighted by molar-refractivity contribution is -0.136. The van der Waals surface area contributed by atoms with E-state index >= 15 is 0 Å². The summed E-state index contributed by atoms with van der Waals surface area (Å²) in [5.74, 6) is -0.865. The minimum Gasteiger partial charge on any atom is -0.481 e. The van der Waals surface area contributed by atoms with E-state index in [0.717, 1.165) is 5.69 Å². The van der Waals surface area contributed by atoms with Crippen molar-refractivity contribution in [2.45, 2.75) is 25.8 Å². The highest BCUT2D eigenvalue weighted by Gasteiger charge is 2.18. The fraction of sp³-hybridized carbons (Fsp3) is 0.500. The van der Waals surface area contributed by atoms with Gasteiger partial charge in [-0.2, -0.15) is 0 Å². The molecule has 0 spiro atoms. The Labute approximate surface area is 80.4 Å². The summed E-state index contributed by atoms with van der Waals surface area (Å²) >= 11 is 1.33. The molecule has 0 saturated carbocycles. The van der Waals surface area contributed by atoms with E-state index in [0.29, 0.717) is 5.01 Å². The van der Waals surface area contributed by atoms with Crippen molar-refractivity contribution in [2.75, 3.05) is 0 Å². The van der Waals surface area contributed by atoms with Gasteiger partial charge in [-0.1, -0.05) is 0 Å². The number of rotatable bonds is 3. The highest BCUT2D eigenvalue weighted by molar-refractivity contribution is 7.09. The topological polar surface area (TPSA) is 76.2 Å². The van der Waals surface area contributed by atoms with Gasteiger partial charge in [-0.25, -0.2) is 4.98 Å². The lowest BCUT2D eigenvalue weighted by Crippen LogP contribution is -2.29. The van der Waals surface area contributed by atoms with Crippen LogP contribution in [-0.2, 0) is 16.8 Å².